The number of carbonyl (C=O) groups excluding carboxylic acids is 2. The molecule has 3 fully saturated rings. The largest absolute Gasteiger partial charge is 0.368 e. The van der Waals surface area contributed by atoms with Crippen LogP contribution in [0.4, 0.5) is 11.4 Å². The number of pyridine rings is 2. The Morgan fingerprint density at radius 3 is 2.53 bits per heavy atom. The number of anilines is 2. The van der Waals surface area contributed by atoms with E-state index in [1.54, 1.807) is 34.7 Å². The van der Waals surface area contributed by atoms with Crippen LogP contribution in [0, 0.1) is 28.6 Å². The number of aromatic nitrogens is 7. The molecule has 4 aromatic heterocycles. The molecule has 4 atom stereocenters. The van der Waals surface area contributed by atoms with E-state index in [2.05, 4.69) is 83.9 Å². The number of amides is 2. The van der Waals surface area contributed by atoms with Gasteiger partial charge in [0.05, 0.1) is 47.5 Å². The van der Waals surface area contributed by atoms with Crippen molar-refractivity contribution in [2.24, 2.45) is 5.92 Å². The first-order chi connectivity index (χ1) is 27.7. The smallest absolute Gasteiger partial charge is 0.234 e. The molecule has 57 heavy (non-hydrogen) atoms. The lowest BCUT2D eigenvalue weighted by atomic mass is 9.79. The molecule has 0 radical (unpaired) electrons. The summed E-state index contributed by atoms with van der Waals surface area (Å²) in [7, 11) is 0. The minimum atomic E-state index is -0.469. The maximum absolute atomic E-state index is 12.4. The summed E-state index contributed by atoms with van der Waals surface area (Å²) in [5, 5.41) is 38.9. The molecule has 1 unspecified atom stereocenters. The van der Waals surface area contributed by atoms with Crippen LogP contribution >= 0.6 is 0 Å². The highest BCUT2D eigenvalue weighted by molar-refractivity contribution is 6.01. The number of piperazine rings is 1. The molecular formula is C42H47N13O2. The Balaban J connectivity index is 0.859. The Labute approximate surface area is 331 Å². The van der Waals surface area contributed by atoms with Crippen LogP contribution in [0.5, 0.6) is 0 Å². The fraction of sp³-hybridized carbons (Fsp3) is 0.452. The maximum Gasteiger partial charge on any atom is 0.234 e. The van der Waals surface area contributed by atoms with Crippen molar-refractivity contribution < 1.29 is 9.59 Å². The molecule has 2 aliphatic heterocycles. The Hall–Kier alpha value is -6.19. The summed E-state index contributed by atoms with van der Waals surface area (Å²) >= 11 is 0. The number of nitriles is 2. The molecule has 8 rings (SSSR count). The first-order valence-electron chi connectivity index (χ1n) is 19.9. The Morgan fingerprint density at radius 2 is 1.77 bits per heavy atom. The van der Waals surface area contributed by atoms with E-state index < -0.39 is 6.04 Å². The van der Waals surface area contributed by atoms with Crippen LogP contribution in [0.3, 0.4) is 0 Å². The third-order valence-corrected chi connectivity index (χ3v) is 12.0. The van der Waals surface area contributed by atoms with Gasteiger partial charge in [0.25, 0.3) is 0 Å². The van der Waals surface area contributed by atoms with Crippen molar-refractivity contribution in [2.45, 2.75) is 95.7 Å². The minimum absolute atomic E-state index is 0.185. The Morgan fingerprint density at radius 1 is 0.965 bits per heavy atom. The van der Waals surface area contributed by atoms with E-state index in [-0.39, 0.29) is 17.7 Å². The van der Waals surface area contributed by atoms with Gasteiger partial charge in [0.1, 0.15) is 17.8 Å². The number of piperidine rings is 1. The van der Waals surface area contributed by atoms with E-state index in [9.17, 15) is 20.1 Å². The summed E-state index contributed by atoms with van der Waals surface area (Å²) in [5.74, 6) is 0.883. The summed E-state index contributed by atoms with van der Waals surface area (Å²) < 4.78 is 3.35. The summed E-state index contributed by atoms with van der Waals surface area (Å²) in [5.41, 5.74) is 5.49. The number of hydrogen-bond acceptors (Lipinski definition) is 12. The predicted octanol–water partition coefficient (Wildman–Crippen LogP) is 5.38. The first kappa shape index (κ1) is 37.7. The molecule has 5 aromatic rings. The van der Waals surface area contributed by atoms with Crippen molar-refractivity contribution in [3.8, 4) is 23.6 Å². The number of nitrogens with zero attached hydrogens (tertiary/aromatic N) is 11. The molecule has 6 heterocycles. The van der Waals surface area contributed by atoms with Crippen LogP contribution in [0.1, 0.15) is 94.4 Å². The SMILES string of the molecule is C[C@H](C#N)Nc1cc(-n2ncc3cc(C#N)cnc32)ncc1-n1cc(C2CCC(CCN3C[C@@H](C)N(c4ccc(C5CCC(=O)NC5=O)cc4)C[C@@H]3C)CC2)nn1. The molecule has 3 aliphatic rings. The van der Waals surface area contributed by atoms with Crippen molar-refractivity contribution in [1.82, 2.24) is 45.0 Å². The van der Waals surface area contributed by atoms with Crippen molar-refractivity contribution in [1.29, 1.82) is 10.5 Å². The van der Waals surface area contributed by atoms with Crippen molar-refractivity contribution in [2.75, 3.05) is 29.9 Å². The van der Waals surface area contributed by atoms with E-state index in [0.717, 1.165) is 62.0 Å². The zero-order valence-corrected chi connectivity index (χ0v) is 32.5. The molecular weight excluding hydrogens is 719 g/mol. The van der Waals surface area contributed by atoms with Crippen LogP contribution in [-0.2, 0) is 9.59 Å². The van der Waals surface area contributed by atoms with Crippen LogP contribution in [0.25, 0.3) is 22.5 Å². The van der Waals surface area contributed by atoms with Gasteiger partial charge in [0.2, 0.25) is 11.8 Å². The summed E-state index contributed by atoms with van der Waals surface area (Å²) in [6, 6.07) is 16.6. The quantitative estimate of drug-likeness (QED) is 0.173. The normalized spacial score (nSPS) is 23.5. The molecule has 1 aliphatic carbocycles. The molecule has 0 bridgehead atoms. The first-order valence-corrected chi connectivity index (χ1v) is 19.9. The lowest BCUT2D eigenvalue weighted by Crippen LogP contribution is -2.56. The second-order valence-corrected chi connectivity index (χ2v) is 15.9. The van der Waals surface area contributed by atoms with Crippen molar-refractivity contribution >= 4 is 34.2 Å². The van der Waals surface area contributed by atoms with Gasteiger partial charge in [0, 0.05) is 60.8 Å². The van der Waals surface area contributed by atoms with Gasteiger partial charge in [-0.15, -0.1) is 5.10 Å². The number of fused-ring (bicyclic) bond motifs is 1. The van der Waals surface area contributed by atoms with Gasteiger partial charge in [-0.05, 0) is 95.5 Å². The van der Waals surface area contributed by atoms with E-state index in [1.807, 2.05) is 24.4 Å². The Kier molecular flexibility index (Phi) is 10.7. The second-order valence-electron chi connectivity index (χ2n) is 15.9. The van der Waals surface area contributed by atoms with Gasteiger partial charge >= 0.3 is 0 Å². The summed E-state index contributed by atoms with van der Waals surface area (Å²) in [6.45, 7) is 9.46. The molecule has 1 aromatic carbocycles. The van der Waals surface area contributed by atoms with Crippen LogP contribution < -0.4 is 15.5 Å². The van der Waals surface area contributed by atoms with Crippen molar-refractivity contribution in [3.05, 3.63) is 78.0 Å². The number of hydrogen-bond donors (Lipinski definition) is 2. The number of rotatable bonds is 10. The highest BCUT2D eigenvalue weighted by Crippen LogP contribution is 2.37. The van der Waals surface area contributed by atoms with Gasteiger partial charge in [-0.25, -0.2) is 14.6 Å². The molecule has 2 saturated heterocycles. The molecule has 15 heteroatoms. The fourth-order valence-corrected chi connectivity index (χ4v) is 8.72. The van der Waals surface area contributed by atoms with Crippen LogP contribution in [-0.4, -0.2) is 89.2 Å². The standard InChI is InChI=1S/C42H47N13O2/c1-26(18-43)48-36-17-39(55-41-33(21-47-55)16-30(19-44)20-46-41)45-22-38(36)54-25-37(50-51-54)32-6-4-29(5-7-32)14-15-52-23-28(3)53(24-27(52)2)34-10-8-31(9-11-34)35-12-13-40(56)49-42(35)57/h8-11,16-17,20-22,25-29,32,35H,4-7,12-15,23-24H2,1-3H3,(H,45,48)(H,49,56,57)/t26-,27+,28-,29?,32?,35?/m1/s1. The summed E-state index contributed by atoms with van der Waals surface area (Å²) in [6.07, 6.45) is 13.4. The van der Waals surface area contributed by atoms with Gasteiger partial charge in [-0.1, -0.05) is 17.3 Å². The van der Waals surface area contributed by atoms with Crippen LogP contribution in [0.2, 0.25) is 0 Å². The van der Waals surface area contributed by atoms with E-state index in [1.165, 1.54) is 18.3 Å². The highest BCUT2D eigenvalue weighted by atomic mass is 16.2. The number of nitrogens with one attached hydrogen (secondary N) is 2. The molecule has 0 spiro atoms. The van der Waals surface area contributed by atoms with Gasteiger partial charge in [-0.3, -0.25) is 19.8 Å². The lowest BCUT2D eigenvalue weighted by Gasteiger charge is -2.46. The molecule has 2 N–H and O–H groups in total. The van der Waals surface area contributed by atoms with Gasteiger partial charge in [-0.2, -0.15) is 20.3 Å². The topological polar surface area (TPSA) is 187 Å². The monoisotopic (exact) mass is 765 g/mol. The van der Waals surface area contributed by atoms with Gasteiger partial charge < -0.3 is 10.2 Å². The Bertz CT molecular complexity index is 2350. The molecule has 1 saturated carbocycles. The van der Waals surface area contributed by atoms with E-state index in [0.29, 0.717) is 65.2 Å². The van der Waals surface area contributed by atoms with Crippen molar-refractivity contribution in [3.63, 3.8) is 0 Å². The number of carbonyl (C=O) groups is 2. The highest BCUT2D eigenvalue weighted by Gasteiger charge is 2.32. The molecule has 15 nitrogen and oxygen atoms in total. The summed E-state index contributed by atoms with van der Waals surface area (Å²) in [4.78, 5) is 38.2. The predicted molar refractivity (Wildman–Crippen MR) is 214 cm³/mol. The van der Waals surface area contributed by atoms with Gasteiger partial charge in [0.15, 0.2) is 11.5 Å². The average molecular weight is 766 g/mol. The third kappa shape index (κ3) is 7.93. The third-order valence-electron chi connectivity index (χ3n) is 12.0. The number of imide groups is 1. The average Bonchev–Trinajstić information content (AvgIpc) is 3.89. The maximum atomic E-state index is 12.4. The lowest BCUT2D eigenvalue weighted by molar-refractivity contribution is -0.134. The second kappa shape index (κ2) is 16.1. The van der Waals surface area contributed by atoms with E-state index in [4.69, 9.17) is 0 Å². The number of benzene rings is 1. The molecule has 2 amide bonds. The molecule has 292 valence electrons. The van der Waals surface area contributed by atoms with Crippen LogP contribution in [0.15, 0.2) is 61.2 Å². The zero-order chi connectivity index (χ0) is 39.6. The fourth-order valence-electron chi connectivity index (χ4n) is 8.72. The minimum Gasteiger partial charge on any atom is -0.368 e. The zero-order valence-electron chi connectivity index (χ0n) is 32.5. The van der Waals surface area contributed by atoms with E-state index >= 15 is 0 Å².